The molecule has 0 amide bonds. The molecule has 2 aromatic carbocycles. The lowest BCUT2D eigenvalue weighted by Gasteiger charge is -2.27. The van der Waals surface area contributed by atoms with Crippen molar-refractivity contribution in [2.24, 2.45) is 0 Å². The van der Waals surface area contributed by atoms with Gasteiger partial charge < -0.3 is 19.7 Å². The van der Waals surface area contributed by atoms with Gasteiger partial charge in [0.15, 0.2) is 5.11 Å². The fourth-order valence-corrected chi connectivity index (χ4v) is 3.23. The Morgan fingerprint density at radius 3 is 2.52 bits per heavy atom. The average Bonchev–Trinajstić information content (AvgIpc) is 2.75. The number of ether oxygens (including phenoxy) is 2. The number of benzene rings is 2. The van der Waals surface area contributed by atoms with Gasteiger partial charge in [-0.1, -0.05) is 17.7 Å². The van der Waals surface area contributed by atoms with E-state index in [1.165, 1.54) is 0 Å². The van der Waals surface area contributed by atoms with Crippen molar-refractivity contribution in [2.45, 2.75) is 13.1 Å². The molecule has 5 nitrogen and oxygen atoms in total. The van der Waals surface area contributed by atoms with Crippen molar-refractivity contribution in [1.29, 1.82) is 0 Å². The number of nitrogens with one attached hydrogen (secondary N) is 1. The van der Waals surface area contributed by atoms with E-state index in [2.05, 4.69) is 15.2 Å². The van der Waals surface area contributed by atoms with Crippen molar-refractivity contribution >= 4 is 34.6 Å². The van der Waals surface area contributed by atoms with E-state index in [4.69, 9.17) is 33.3 Å². The van der Waals surface area contributed by atoms with Gasteiger partial charge in [0.05, 0.1) is 14.2 Å². The molecule has 29 heavy (non-hydrogen) atoms. The SMILES string of the molecule is COc1ccc(OC)c(CN(Cc2cccnc2)C(=S)Nc2ccc(Cl)cc2)c1. The molecule has 0 fully saturated rings. The summed E-state index contributed by atoms with van der Waals surface area (Å²) in [6, 6.07) is 17.1. The first kappa shape index (κ1) is 20.9. The molecule has 0 aliphatic heterocycles. The topological polar surface area (TPSA) is 46.6 Å². The van der Waals surface area contributed by atoms with Gasteiger partial charge in [-0.05, 0) is 66.3 Å². The number of pyridine rings is 1. The number of aromatic nitrogens is 1. The lowest BCUT2D eigenvalue weighted by Crippen LogP contribution is -2.34. The van der Waals surface area contributed by atoms with Crippen LogP contribution in [0.4, 0.5) is 5.69 Å². The summed E-state index contributed by atoms with van der Waals surface area (Å²) in [6.45, 7) is 1.13. The maximum atomic E-state index is 5.98. The van der Waals surface area contributed by atoms with Crippen molar-refractivity contribution in [2.75, 3.05) is 19.5 Å². The Morgan fingerprint density at radius 2 is 1.86 bits per heavy atom. The molecule has 7 heteroatoms. The van der Waals surface area contributed by atoms with E-state index >= 15 is 0 Å². The molecule has 1 heterocycles. The van der Waals surface area contributed by atoms with Crippen LogP contribution in [-0.4, -0.2) is 29.2 Å². The molecule has 0 atom stereocenters. The molecule has 1 N–H and O–H groups in total. The van der Waals surface area contributed by atoms with E-state index in [1.807, 2.05) is 60.8 Å². The van der Waals surface area contributed by atoms with Gasteiger partial charge in [-0.3, -0.25) is 4.98 Å². The number of methoxy groups -OCH3 is 2. The standard InChI is InChI=1S/C22H22ClN3O2S/c1-27-20-9-10-21(28-2)17(12-20)15-26(14-16-4-3-11-24-13-16)22(29)25-19-7-5-18(23)6-8-19/h3-13H,14-15H2,1-2H3,(H,25,29). The molecular formula is C22H22ClN3O2S. The first-order chi connectivity index (χ1) is 14.1. The third-order valence-corrected chi connectivity index (χ3v) is 4.94. The molecule has 0 spiro atoms. The van der Waals surface area contributed by atoms with E-state index in [0.717, 1.165) is 28.3 Å². The Morgan fingerprint density at radius 1 is 1.07 bits per heavy atom. The zero-order valence-electron chi connectivity index (χ0n) is 16.3. The van der Waals surface area contributed by atoms with Gasteiger partial charge in [-0.25, -0.2) is 0 Å². The zero-order valence-corrected chi connectivity index (χ0v) is 17.8. The van der Waals surface area contributed by atoms with Crippen LogP contribution in [0, 0.1) is 0 Å². The number of hydrogen-bond donors (Lipinski definition) is 1. The van der Waals surface area contributed by atoms with Crippen molar-refractivity contribution in [3.63, 3.8) is 0 Å². The summed E-state index contributed by atoms with van der Waals surface area (Å²) in [5, 5.41) is 4.54. The lowest BCUT2D eigenvalue weighted by atomic mass is 10.1. The van der Waals surface area contributed by atoms with Crippen molar-refractivity contribution in [3.05, 3.63) is 83.1 Å². The first-order valence-electron chi connectivity index (χ1n) is 9.00. The highest BCUT2D eigenvalue weighted by Crippen LogP contribution is 2.26. The van der Waals surface area contributed by atoms with Crippen molar-refractivity contribution in [1.82, 2.24) is 9.88 Å². The summed E-state index contributed by atoms with van der Waals surface area (Å²) in [7, 11) is 3.30. The largest absolute Gasteiger partial charge is 0.497 e. The highest BCUT2D eigenvalue weighted by Gasteiger charge is 2.15. The minimum absolute atomic E-state index is 0.536. The smallest absolute Gasteiger partial charge is 0.174 e. The maximum Gasteiger partial charge on any atom is 0.174 e. The second-order valence-corrected chi connectivity index (χ2v) is 7.16. The highest BCUT2D eigenvalue weighted by molar-refractivity contribution is 7.80. The fraction of sp³-hybridized carbons (Fsp3) is 0.182. The summed E-state index contributed by atoms with van der Waals surface area (Å²) < 4.78 is 10.9. The Kier molecular flexibility index (Phi) is 7.27. The zero-order chi connectivity index (χ0) is 20.6. The monoisotopic (exact) mass is 427 g/mol. The highest BCUT2D eigenvalue weighted by atomic mass is 35.5. The second kappa shape index (κ2) is 10.1. The summed E-state index contributed by atoms with van der Waals surface area (Å²) in [5.74, 6) is 1.54. The third kappa shape index (κ3) is 5.82. The van der Waals surface area contributed by atoms with E-state index in [9.17, 15) is 0 Å². The number of rotatable bonds is 7. The Labute approximate surface area is 181 Å². The Balaban J connectivity index is 1.86. The van der Waals surface area contributed by atoms with Crippen LogP contribution >= 0.6 is 23.8 Å². The summed E-state index contributed by atoms with van der Waals surface area (Å²) in [4.78, 5) is 6.26. The molecule has 3 aromatic rings. The van der Waals surface area contributed by atoms with Crippen LogP contribution in [-0.2, 0) is 13.1 Å². The molecule has 0 saturated heterocycles. The van der Waals surface area contributed by atoms with E-state index in [-0.39, 0.29) is 0 Å². The molecule has 0 aliphatic carbocycles. The molecule has 150 valence electrons. The van der Waals surface area contributed by atoms with Gasteiger partial charge in [0.1, 0.15) is 11.5 Å². The van der Waals surface area contributed by atoms with Crippen LogP contribution in [0.25, 0.3) is 0 Å². The number of halogens is 1. The number of hydrogen-bond acceptors (Lipinski definition) is 4. The molecule has 0 aliphatic rings. The molecule has 1 aromatic heterocycles. The molecule has 0 radical (unpaired) electrons. The number of thiocarbonyl (C=S) groups is 1. The molecule has 0 bridgehead atoms. The van der Waals surface area contributed by atoms with Gasteiger partial charge in [0.2, 0.25) is 0 Å². The molecule has 0 saturated carbocycles. The van der Waals surface area contributed by atoms with Gasteiger partial charge in [-0.2, -0.15) is 0 Å². The molecular weight excluding hydrogens is 406 g/mol. The summed E-state index contributed by atoms with van der Waals surface area (Å²) in [6.07, 6.45) is 3.59. The van der Waals surface area contributed by atoms with Crippen LogP contribution in [0.2, 0.25) is 5.02 Å². The minimum Gasteiger partial charge on any atom is -0.497 e. The van der Waals surface area contributed by atoms with Crippen LogP contribution in [0.1, 0.15) is 11.1 Å². The van der Waals surface area contributed by atoms with Crippen LogP contribution in [0.5, 0.6) is 11.5 Å². The maximum absolute atomic E-state index is 5.98. The van der Waals surface area contributed by atoms with Gasteiger partial charge in [0, 0.05) is 41.8 Å². The average molecular weight is 428 g/mol. The quantitative estimate of drug-likeness (QED) is 0.526. The summed E-state index contributed by atoms with van der Waals surface area (Å²) in [5.41, 5.74) is 2.89. The Bertz CT molecular complexity index is 952. The Hall–Kier alpha value is -2.83. The van der Waals surface area contributed by atoms with E-state index < -0.39 is 0 Å². The van der Waals surface area contributed by atoms with Crippen molar-refractivity contribution in [3.8, 4) is 11.5 Å². The fourth-order valence-electron chi connectivity index (χ4n) is 2.86. The van der Waals surface area contributed by atoms with Crippen LogP contribution in [0.3, 0.4) is 0 Å². The molecule has 0 unspecified atom stereocenters. The predicted octanol–water partition coefficient (Wildman–Crippen LogP) is 5.15. The van der Waals surface area contributed by atoms with Crippen LogP contribution in [0.15, 0.2) is 67.0 Å². The molecule has 3 rings (SSSR count). The van der Waals surface area contributed by atoms with Crippen LogP contribution < -0.4 is 14.8 Å². The number of anilines is 1. The first-order valence-corrected chi connectivity index (χ1v) is 9.79. The van der Waals surface area contributed by atoms with Gasteiger partial charge in [0.25, 0.3) is 0 Å². The van der Waals surface area contributed by atoms with E-state index in [1.54, 1.807) is 20.4 Å². The predicted molar refractivity (Wildman–Crippen MR) is 121 cm³/mol. The third-order valence-electron chi connectivity index (χ3n) is 4.33. The summed E-state index contributed by atoms with van der Waals surface area (Å²) >= 11 is 11.7. The lowest BCUT2D eigenvalue weighted by molar-refractivity contribution is 0.372. The normalized spacial score (nSPS) is 10.3. The van der Waals surface area contributed by atoms with Gasteiger partial charge in [-0.15, -0.1) is 0 Å². The second-order valence-electron chi connectivity index (χ2n) is 6.33. The number of nitrogens with zero attached hydrogens (tertiary/aromatic N) is 2. The van der Waals surface area contributed by atoms with Gasteiger partial charge >= 0.3 is 0 Å². The minimum atomic E-state index is 0.536. The van der Waals surface area contributed by atoms with E-state index in [0.29, 0.717) is 23.2 Å². The van der Waals surface area contributed by atoms with Crippen molar-refractivity contribution < 1.29 is 9.47 Å².